The molecule has 5 aliphatic rings. The second kappa shape index (κ2) is 6.77. The van der Waals surface area contributed by atoms with E-state index < -0.39 is 35.5 Å². The van der Waals surface area contributed by atoms with Crippen LogP contribution in [0.3, 0.4) is 0 Å². The Bertz CT molecular complexity index is 1120. The Hall–Kier alpha value is -2.96. The average molecular weight is 467 g/mol. The van der Waals surface area contributed by atoms with E-state index in [9.17, 15) is 19.2 Å². The third kappa shape index (κ3) is 2.37. The highest BCUT2D eigenvalue weighted by molar-refractivity contribution is 6.37. The van der Waals surface area contributed by atoms with Gasteiger partial charge in [0.15, 0.2) is 0 Å². The highest BCUT2D eigenvalue weighted by atomic mass is 35.5. The minimum Gasteiger partial charge on any atom is -0.274 e. The highest BCUT2D eigenvalue weighted by Gasteiger charge is 2.69. The van der Waals surface area contributed by atoms with Crippen molar-refractivity contribution in [1.29, 1.82) is 0 Å². The lowest BCUT2D eigenvalue weighted by molar-refractivity contribution is -0.137. The summed E-state index contributed by atoms with van der Waals surface area (Å²) >= 11 is 12.6. The Balaban J connectivity index is 1.43. The number of allylic oxidation sites excluding steroid dienone is 2. The molecule has 3 aliphatic carbocycles. The number of carbonyl (C=O) groups excluding carboxylic acids is 4. The number of amides is 4. The molecule has 2 saturated heterocycles. The highest BCUT2D eigenvalue weighted by Crippen LogP contribution is 2.59. The smallest absolute Gasteiger partial charge is 0.238 e. The predicted octanol–water partition coefficient (Wildman–Crippen LogP) is 3.72. The van der Waals surface area contributed by atoms with E-state index in [1.165, 1.54) is 0 Å². The molecular weight excluding hydrogens is 451 g/mol. The number of para-hydroxylation sites is 2. The summed E-state index contributed by atoms with van der Waals surface area (Å²) in [6.45, 7) is 0. The SMILES string of the molecule is O=C1[C@@H]2C3C=CC([C@H]4C(=O)N(c5ccccc5Cl)C(=O)[C@@H]34)[C@@H]2C(=O)N1c1ccccc1Cl. The zero-order valence-electron chi connectivity index (χ0n) is 16.5. The zero-order chi connectivity index (χ0) is 22.3. The number of carbonyl (C=O) groups is 4. The monoisotopic (exact) mass is 466 g/mol. The van der Waals surface area contributed by atoms with Gasteiger partial charge in [0.25, 0.3) is 0 Å². The number of rotatable bonds is 2. The Morgan fingerprint density at radius 3 is 1.16 bits per heavy atom. The van der Waals surface area contributed by atoms with Crippen LogP contribution >= 0.6 is 23.2 Å². The molecule has 2 aromatic carbocycles. The minimum absolute atomic E-state index is 0.297. The summed E-state index contributed by atoms with van der Waals surface area (Å²) in [6, 6.07) is 13.4. The molecule has 3 fully saturated rings. The minimum atomic E-state index is -0.696. The molecule has 2 aliphatic heterocycles. The first kappa shape index (κ1) is 19.7. The van der Waals surface area contributed by atoms with Gasteiger partial charge in [0, 0.05) is 11.8 Å². The molecule has 2 unspecified atom stereocenters. The van der Waals surface area contributed by atoms with Crippen LogP contribution in [-0.4, -0.2) is 23.6 Å². The van der Waals surface area contributed by atoms with E-state index in [1.54, 1.807) is 48.5 Å². The summed E-state index contributed by atoms with van der Waals surface area (Å²) in [7, 11) is 0. The van der Waals surface area contributed by atoms with Gasteiger partial charge in [-0.25, -0.2) is 9.80 Å². The Morgan fingerprint density at radius 1 is 0.531 bits per heavy atom. The average Bonchev–Trinajstić information content (AvgIpc) is 3.22. The Labute approximate surface area is 193 Å². The van der Waals surface area contributed by atoms with Crippen LogP contribution in [0.1, 0.15) is 0 Å². The number of imide groups is 2. The fourth-order valence-corrected chi connectivity index (χ4v) is 6.41. The Morgan fingerprint density at radius 2 is 0.844 bits per heavy atom. The molecule has 8 heteroatoms. The van der Waals surface area contributed by atoms with Crippen LogP contribution in [0.25, 0.3) is 0 Å². The largest absolute Gasteiger partial charge is 0.274 e. The maximum absolute atomic E-state index is 13.5. The summed E-state index contributed by atoms with van der Waals surface area (Å²) in [5.74, 6) is -5.35. The van der Waals surface area contributed by atoms with E-state index in [-0.39, 0.29) is 23.6 Å². The normalized spacial score (nSPS) is 32.7. The van der Waals surface area contributed by atoms with E-state index in [0.29, 0.717) is 21.4 Å². The summed E-state index contributed by atoms with van der Waals surface area (Å²) in [5, 5.41) is 0.593. The molecule has 2 bridgehead atoms. The molecule has 7 rings (SSSR count). The molecule has 0 N–H and O–H groups in total. The number of hydrogen-bond donors (Lipinski definition) is 0. The maximum atomic E-state index is 13.5. The van der Waals surface area contributed by atoms with Crippen LogP contribution in [0, 0.1) is 35.5 Å². The lowest BCUT2D eigenvalue weighted by Crippen LogP contribution is -2.50. The first-order valence-corrected chi connectivity index (χ1v) is 11.1. The lowest BCUT2D eigenvalue weighted by atomic mass is 9.54. The quantitative estimate of drug-likeness (QED) is 0.499. The van der Waals surface area contributed by atoms with Crippen molar-refractivity contribution < 1.29 is 19.2 Å². The van der Waals surface area contributed by atoms with E-state index in [0.717, 1.165) is 9.80 Å². The van der Waals surface area contributed by atoms with E-state index in [1.807, 2.05) is 12.2 Å². The molecule has 0 aromatic heterocycles. The summed E-state index contributed by atoms with van der Waals surface area (Å²) in [6.07, 6.45) is 3.66. The third-order valence-corrected chi connectivity index (χ3v) is 7.84. The summed E-state index contributed by atoms with van der Waals surface area (Å²) < 4.78 is 0. The molecule has 32 heavy (non-hydrogen) atoms. The number of hydrogen-bond acceptors (Lipinski definition) is 4. The molecule has 2 aromatic rings. The van der Waals surface area contributed by atoms with Gasteiger partial charge in [0.05, 0.1) is 45.1 Å². The van der Waals surface area contributed by atoms with Crippen LogP contribution in [-0.2, 0) is 19.2 Å². The van der Waals surface area contributed by atoms with E-state index in [4.69, 9.17) is 23.2 Å². The van der Waals surface area contributed by atoms with Gasteiger partial charge in [0.1, 0.15) is 0 Å². The van der Waals surface area contributed by atoms with Gasteiger partial charge in [-0.15, -0.1) is 0 Å². The molecule has 0 radical (unpaired) electrons. The third-order valence-electron chi connectivity index (χ3n) is 7.20. The van der Waals surface area contributed by atoms with Gasteiger partial charge >= 0.3 is 0 Å². The first-order valence-electron chi connectivity index (χ1n) is 10.3. The van der Waals surface area contributed by atoms with Gasteiger partial charge in [-0.05, 0) is 24.3 Å². The van der Waals surface area contributed by atoms with Crippen molar-refractivity contribution in [1.82, 2.24) is 0 Å². The lowest BCUT2D eigenvalue weighted by Gasteiger charge is -2.44. The van der Waals surface area contributed by atoms with E-state index >= 15 is 0 Å². The number of benzene rings is 2. The van der Waals surface area contributed by atoms with Crippen molar-refractivity contribution in [2.24, 2.45) is 35.5 Å². The van der Waals surface area contributed by atoms with Crippen molar-refractivity contribution in [3.63, 3.8) is 0 Å². The second-order valence-corrected chi connectivity index (χ2v) is 9.38. The van der Waals surface area contributed by atoms with Gasteiger partial charge in [-0.3, -0.25) is 19.2 Å². The van der Waals surface area contributed by atoms with Crippen LogP contribution in [0.4, 0.5) is 11.4 Å². The number of halogens is 2. The topological polar surface area (TPSA) is 74.8 Å². The van der Waals surface area contributed by atoms with Crippen LogP contribution < -0.4 is 9.80 Å². The van der Waals surface area contributed by atoms with Crippen molar-refractivity contribution >= 4 is 58.2 Å². The molecule has 160 valence electrons. The van der Waals surface area contributed by atoms with E-state index in [2.05, 4.69) is 0 Å². The van der Waals surface area contributed by atoms with Gasteiger partial charge in [-0.1, -0.05) is 59.6 Å². The molecule has 2 heterocycles. The maximum Gasteiger partial charge on any atom is 0.238 e. The summed E-state index contributed by atoms with van der Waals surface area (Å²) in [4.78, 5) is 56.1. The fourth-order valence-electron chi connectivity index (χ4n) is 5.97. The summed E-state index contributed by atoms with van der Waals surface area (Å²) in [5.41, 5.74) is 0.664. The van der Waals surface area contributed by atoms with Crippen molar-refractivity contribution in [2.45, 2.75) is 0 Å². The fraction of sp³-hybridized carbons (Fsp3) is 0.250. The first-order chi connectivity index (χ1) is 15.4. The van der Waals surface area contributed by atoms with Gasteiger partial charge in [-0.2, -0.15) is 0 Å². The van der Waals surface area contributed by atoms with Crippen molar-refractivity contribution in [3.05, 3.63) is 70.7 Å². The van der Waals surface area contributed by atoms with Gasteiger partial charge < -0.3 is 0 Å². The van der Waals surface area contributed by atoms with Crippen molar-refractivity contribution in [3.8, 4) is 0 Å². The number of anilines is 2. The van der Waals surface area contributed by atoms with Crippen LogP contribution in [0.2, 0.25) is 10.0 Å². The Kier molecular flexibility index (Phi) is 4.17. The predicted molar refractivity (Wildman–Crippen MR) is 118 cm³/mol. The van der Waals surface area contributed by atoms with Crippen LogP contribution in [0.15, 0.2) is 60.7 Å². The second-order valence-electron chi connectivity index (χ2n) is 8.57. The molecule has 4 amide bonds. The molecule has 6 nitrogen and oxygen atoms in total. The molecular formula is C24H16Cl2N2O4. The van der Waals surface area contributed by atoms with Gasteiger partial charge in [0.2, 0.25) is 23.6 Å². The molecule has 0 spiro atoms. The van der Waals surface area contributed by atoms with Crippen LogP contribution in [0.5, 0.6) is 0 Å². The molecule has 1 saturated carbocycles. The number of nitrogens with zero attached hydrogens (tertiary/aromatic N) is 2. The zero-order valence-corrected chi connectivity index (χ0v) is 18.0. The standard InChI is InChI=1S/C24H16Cl2N2O4/c25-13-5-1-3-7-15(13)27-21(29)17-11-9-10-12(18(17)22(27)30)20-19(11)23(31)28(24(20)32)16-8-4-2-6-14(16)26/h1-12,17-20H/t11?,12?,17-,18+,19+,20-. The molecule has 6 atom stereocenters. The van der Waals surface area contributed by atoms with Crippen molar-refractivity contribution in [2.75, 3.05) is 9.80 Å².